The number of alkyl carbamates (subject to hydrolysis) is 1. The van der Waals surface area contributed by atoms with Gasteiger partial charge in [0, 0.05) is 11.3 Å². The Hall–Kier alpha value is -2.56. The van der Waals surface area contributed by atoms with Gasteiger partial charge in [-0.05, 0) is 39.0 Å². The first kappa shape index (κ1) is 21.2. The number of hydrogen-bond acceptors (Lipinski definition) is 6. The molecule has 0 radical (unpaired) electrons. The van der Waals surface area contributed by atoms with Gasteiger partial charge in [0.1, 0.15) is 17.0 Å². The highest BCUT2D eigenvalue weighted by Crippen LogP contribution is 2.50. The second-order valence-corrected chi connectivity index (χ2v) is 7.90. The summed E-state index contributed by atoms with van der Waals surface area (Å²) < 4.78 is 70.3. The van der Waals surface area contributed by atoms with Gasteiger partial charge >= 0.3 is 12.3 Å². The maximum Gasteiger partial charge on any atom is 0.415 e. The second-order valence-electron chi connectivity index (χ2n) is 7.90. The summed E-state index contributed by atoms with van der Waals surface area (Å²) in [5.74, 6) is -2.17. The van der Waals surface area contributed by atoms with E-state index in [0.717, 1.165) is 6.07 Å². The second kappa shape index (κ2) is 7.05. The van der Waals surface area contributed by atoms with Crippen molar-refractivity contribution in [3.8, 4) is 0 Å². The normalized spacial score (nSPS) is 26.9. The Morgan fingerprint density at radius 1 is 1.34 bits per heavy atom. The lowest BCUT2D eigenvalue weighted by atomic mass is 9.77. The highest BCUT2D eigenvalue weighted by atomic mass is 19.4. The number of nitrogens with zero attached hydrogens (tertiary/aromatic N) is 1. The fraction of sp³-hybridized carbons (Fsp3) is 0.556. The van der Waals surface area contributed by atoms with Crippen molar-refractivity contribution in [3.05, 3.63) is 29.6 Å². The molecule has 2 aliphatic rings. The van der Waals surface area contributed by atoms with Crippen LogP contribution in [0.2, 0.25) is 0 Å². The van der Waals surface area contributed by atoms with Gasteiger partial charge < -0.3 is 19.9 Å². The Morgan fingerprint density at radius 2 is 2.03 bits per heavy atom. The third-order valence-corrected chi connectivity index (χ3v) is 4.55. The van der Waals surface area contributed by atoms with Crippen molar-refractivity contribution in [2.24, 2.45) is 10.9 Å². The van der Waals surface area contributed by atoms with E-state index in [1.165, 1.54) is 12.1 Å². The molecule has 29 heavy (non-hydrogen) atoms. The van der Waals surface area contributed by atoms with E-state index in [2.05, 4.69) is 10.3 Å². The smallest absolute Gasteiger partial charge is 0.415 e. The Morgan fingerprint density at radius 3 is 2.66 bits per heavy atom. The highest BCUT2D eigenvalue weighted by molar-refractivity contribution is 5.91. The predicted octanol–water partition coefficient (Wildman–Crippen LogP) is 3.09. The Balaban J connectivity index is 2.02. The SMILES string of the molecule is CC(C)(C)OC(=O)NC1=NC2(c3cc(N)ccc3F)COC(C(F)(F)F)C2CO1. The van der Waals surface area contributed by atoms with Gasteiger partial charge in [-0.3, -0.25) is 0 Å². The molecule has 3 N–H and O–H groups in total. The van der Waals surface area contributed by atoms with Gasteiger partial charge in [0.2, 0.25) is 0 Å². The van der Waals surface area contributed by atoms with Crippen LogP contribution in [0.5, 0.6) is 0 Å². The molecule has 0 bridgehead atoms. The maximum atomic E-state index is 14.6. The van der Waals surface area contributed by atoms with E-state index in [1.807, 2.05) is 0 Å². The van der Waals surface area contributed by atoms with E-state index in [9.17, 15) is 22.4 Å². The molecule has 1 aromatic carbocycles. The highest BCUT2D eigenvalue weighted by Gasteiger charge is 2.62. The van der Waals surface area contributed by atoms with Gasteiger partial charge in [0.15, 0.2) is 6.10 Å². The topological polar surface area (TPSA) is 95.2 Å². The fourth-order valence-electron chi connectivity index (χ4n) is 3.40. The number of nitrogens with one attached hydrogen (secondary N) is 1. The van der Waals surface area contributed by atoms with Gasteiger partial charge in [-0.1, -0.05) is 0 Å². The summed E-state index contributed by atoms with van der Waals surface area (Å²) in [5.41, 5.74) is 3.10. The number of carbonyl (C=O) groups is 1. The molecule has 2 heterocycles. The lowest BCUT2D eigenvalue weighted by Gasteiger charge is -2.37. The molecule has 3 atom stereocenters. The van der Waals surface area contributed by atoms with Gasteiger partial charge in [-0.15, -0.1) is 0 Å². The number of ether oxygens (including phenoxy) is 3. The zero-order valence-electron chi connectivity index (χ0n) is 16.0. The number of halogens is 4. The van der Waals surface area contributed by atoms with E-state index in [-0.39, 0.29) is 17.3 Å². The van der Waals surface area contributed by atoms with E-state index < -0.39 is 54.5 Å². The summed E-state index contributed by atoms with van der Waals surface area (Å²) in [6.07, 6.45) is -7.84. The average Bonchev–Trinajstić information content (AvgIpc) is 2.95. The molecule has 7 nitrogen and oxygen atoms in total. The van der Waals surface area contributed by atoms with Crippen molar-refractivity contribution >= 4 is 17.8 Å². The molecule has 0 aromatic heterocycles. The Kier molecular flexibility index (Phi) is 5.14. The van der Waals surface area contributed by atoms with Crippen LogP contribution in [0.25, 0.3) is 0 Å². The van der Waals surface area contributed by atoms with Crippen LogP contribution in [0, 0.1) is 11.7 Å². The van der Waals surface area contributed by atoms with Crippen molar-refractivity contribution in [2.75, 3.05) is 18.9 Å². The number of rotatable bonds is 1. The first-order chi connectivity index (χ1) is 13.3. The predicted molar refractivity (Wildman–Crippen MR) is 94.5 cm³/mol. The minimum Gasteiger partial charge on any atom is -0.464 e. The van der Waals surface area contributed by atoms with Crippen LogP contribution in [-0.4, -0.2) is 43.2 Å². The van der Waals surface area contributed by atoms with Gasteiger partial charge in [0.25, 0.3) is 6.02 Å². The van der Waals surface area contributed by atoms with E-state index in [0.29, 0.717) is 0 Å². The zero-order chi connectivity index (χ0) is 21.6. The van der Waals surface area contributed by atoms with Crippen LogP contribution in [0.15, 0.2) is 23.2 Å². The number of hydrogen-bond donors (Lipinski definition) is 2. The first-order valence-electron chi connectivity index (χ1n) is 8.78. The van der Waals surface area contributed by atoms with Crippen LogP contribution in [0.1, 0.15) is 26.3 Å². The molecule has 3 unspecified atom stereocenters. The summed E-state index contributed by atoms with van der Waals surface area (Å²) in [5, 5.41) is 2.25. The van der Waals surface area contributed by atoms with Gasteiger partial charge in [-0.2, -0.15) is 13.2 Å². The van der Waals surface area contributed by atoms with E-state index >= 15 is 0 Å². The molecule has 0 spiro atoms. The summed E-state index contributed by atoms with van der Waals surface area (Å²) in [6, 6.07) is 3.15. The summed E-state index contributed by atoms with van der Waals surface area (Å²) in [7, 11) is 0. The van der Waals surface area contributed by atoms with Gasteiger partial charge in [0.05, 0.1) is 19.1 Å². The standard InChI is InChI=1S/C18H21F4N3O4/c1-16(2,3)29-15(26)24-14-25-17(10-6-9(23)4-5-12(10)19)8-28-13(18(20,21)22)11(17)7-27-14/h4-6,11,13H,7-8,23H2,1-3H3,(H,24,25,26). The summed E-state index contributed by atoms with van der Waals surface area (Å²) >= 11 is 0. The van der Waals surface area contributed by atoms with Crippen molar-refractivity contribution in [3.63, 3.8) is 0 Å². The van der Waals surface area contributed by atoms with Gasteiger partial charge in [-0.25, -0.2) is 19.5 Å². The molecular weight excluding hydrogens is 398 g/mol. The van der Waals surface area contributed by atoms with Crippen LogP contribution in [0.3, 0.4) is 0 Å². The van der Waals surface area contributed by atoms with Crippen molar-refractivity contribution < 1.29 is 36.6 Å². The largest absolute Gasteiger partial charge is 0.464 e. The molecule has 2 aliphatic heterocycles. The van der Waals surface area contributed by atoms with Crippen molar-refractivity contribution in [1.29, 1.82) is 0 Å². The van der Waals surface area contributed by atoms with Crippen LogP contribution < -0.4 is 11.1 Å². The van der Waals surface area contributed by atoms with Crippen LogP contribution in [0.4, 0.5) is 28.0 Å². The quantitative estimate of drug-likeness (QED) is 0.539. The third kappa shape index (κ3) is 4.24. The number of nitrogens with two attached hydrogens (primary N) is 1. The van der Waals surface area contributed by atoms with Crippen molar-refractivity contribution in [1.82, 2.24) is 5.32 Å². The molecule has 11 heteroatoms. The van der Waals surface area contributed by atoms with E-state index in [4.69, 9.17) is 19.9 Å². The molecule has 1 amide bonds. The number of amidine groups is 1. The molecule has 3 rings (SSSR count). The Labute approximate surface area is 164 Å². The minimum absolute atomic E-state index is 0.147. The number of anilines is 1. The Bertz CT molecular complexity index is 837. The fourth-order valence-corrected chi connectivity index (χ4v) is 3.40. The lowest BCUT2D eigenvalue weighted by Crippen LogP contribution is -2.50. The molecule has 1 saturated heterocycles. The van der Waals surface area contributed by atoms with Crippen LogP contribution in [-0.2, 0) is 19.7 Å². The number of benzene rings is 1. The summed E-state index contributed by atoms with van der Waals surface area (Å²) in [6.45, 7) is 3.83. The number of amides is 1. The summed E-state index contributed by atoms with van der Waals surface area (Å²) in [4.78, 5) is 16.1. The number of fused-ring (bicyclic) bond motifs is 1. The molecule has 160 valence electrons. The minimum atomic E-state index is -4.71. The maximum absolute atomic E-state index is 14.6. The zero-order valence-corrected chi connectivity index (χ0v) is 16.0. The number of nitrogen functional groups attached to an aromatic ring is 1. The lowest BCUT2D eigenvalue weighted by molar-refractivity contribution is -0.219. The average molecular weight is 419 g/mol. The van der Waals surface area contributed by atoms with Crippen molar-refractivity contribution in [2.45, 2.75) is 44.2 Å². The number of alkyl halides is 3. The molecule has 0 aliphatic carbocycles. The third-order valence-electron chi connectivity index (χ3n) is 4.55. The molecule has 1 aromatic rings. The monoisotopic (exact) mass is 419 g/mol. The molecular formula is C18H21F4N3O4. The van der Waals surface area contributed by atoms with Crippen LogP contribution >= 0.6 is 0 Å². The molecule has 0 saturated carbocycles. The first-order valence-corrected chi connectivity index (χ1v) is 8.78. The number of carbonyl (C=O) groups excluding carboxylic acids is 1. The number of aliphatic imine (C=N–C) groups is 1. The molecule has 1 fully saturated rings. The van der Waals surface area contributed by atoms with E-state index in [1.54, 1.807) is 20.8 Å².